The summed E-state index contributed by atoms with van der Waals surface area (Å²) in [7, 11) is 0. The minimum Gasteiger partial charge on any atom is -0.486 e. The zero-order chi connectivity index (χ0) is 16.2. The Bertz CT molecular complexity index is 573. The molecular weight excluding hydrogens is 316 g/mol. The van der Waals surface area contributed by atoms with Gasteiger partial charge in [0.1, 0.15) is 13.2 Å². The SMILES string of the molecule is NC(CC1CCCCC1)C(=O)Nc1cc2c(cc1Cl)OCCO2. The molecule has 1 saturated carbocycles. The third kappa shape index (κ3) is 4.09. The fourth-order valence-corrected chi connectivity index (χ4v) is 3.48. The summed E-state index contributed by atoms with van der Waals surface area (Å²) < 4.78 is 11.0. The van der Waals surface area contributed by atoms with E-state index in [0.29, 0.717) is 41.3 Å². The number of nitrogens with one attached hydrogen (secondary N) is 1. The second-order valence-corrected chi connectivity index (χ2v) is 6.72. The van der Waals surface area contributed by atoms with E-state index in [1.54, 1.807) is 12.1 Å². The van der Waals surface area contributed by atoms with Crippen LogP contribution in [0, 0.1) is 5.92 Å². The molecule has 1 aromatic rings. The van der Waals surface area contributed by atoms with E-state index in [1.807, 2.05) is 0 Å². The van der Waals surface area contributed by atoms with Crippen LogP contribution in [0.4, 0.5) is 5.69 Å². The number of halogens is 1. The molecule has 3 rings (SSSR count). The van der Waals surface area contributed by atoms with E-state index in [2.05, 4.69) is 5.32 Å². The summed E-state index contributed by atoms with van der Waals surface area (Å²) in [4.78, 5) is 12.3. The van der Waals surface area contributed by atoms with Crippen molar-refractivity contribution >= 4 is 23.2 Å². The number of nitrogens with two attached hydrogens (primary N) is 1. The molecule has 3 N–H and O–H groups in total. The maximum atomic E-state index is 12.3. The topological polar surface area (TPSA) is 73.6 Å². The van der Waals surface area contributed by atoms with Gasteiger partial charge < -0.3 is 20.5 Å². The average molecular weight is 339 g/mol. The molecule has 0 radical (unpaired) electrons. The highest BCUT2D eigenvalue weighted by Crippen LogP contribution is 2.38. The van der Waals surface area contributed by atoms with Crippen LogP contribution in [-0.4, -0.2) is 25.2 Å². The number of amides is 1. The molecule has 1 amide bonds. The van der Waals surface area contributed by atoms with Crippen molar-refractivity contribution in [1.29, 1.82) is 0 Å². The summed E-state index contributed by atoms with van der Waals surface area (Å²) in [5.41, 5.74) is 6.59. The van der Waals surface area contributed by atoms with Gasteiger partial charge in [0.25, 0.3) is 0 Å². The molecule has 1 aliphatic carbocycles. The molecule has 0 spiro atoms. The van der Waals surface area contributed by atoms with Crippen molar-refractivity contribution in [2.75, 3.05) is 18.5 Å². The van der Waals surface area contributed by atoms with Crippen LogP contribution in [0.1, 0.15) is 38.5 Å². The molecule has 0 aromatic heterocycles. The van der Waals surface area contributed by atoms with Crippen molar-refractivity contribution in [2.45, 2.75) is 44.6 Å². The monoisotopic (exact) mass is 338 g/mol. The summed E-state index contributed by atoms with van der Waals surface area (Å²) in [6, 6.07) is 2.85. The lowest BCUT2D eigenvalue weighted by Gasteiger charge is -2.24. The first-order valence-electron chi connectivity index (χ1n) is 8.29. The Morgan fingerprint density at radius 3 is 2.57 bits per heavy atom. The first-order chi connectivity index (χ1) is 11.1. The third-order valence-electron chi connectivity index (χ3n) is 4.54. The van der Waals surface area contributed by atoms with Gasteiger partial charge >= 0.3 is 0 Å². The van der Waals surface area contributed by atoms with E-state index in [0.717, 1.165) is 6.42 Å². The lowest BCUT2D eigenvalue weighted by atomic mass is 9.85. The standard InChI is InChI=1S/C17H23ClN2O3/c18-12-9-15-16(23-7-6-22-15)10-14(12)20-17(21)13(19)8-11-4-2-1-3-5-11/h9-11,13H,1-8,19H2,(H,20,21). The van der Waals surface area contributed by atoms with Gasteiger partial charge in [-0.2, -0.15) is 0 Å². The molecular formula is C17H23ClN2O3. The minimum absolute atomic E-state index is 0.200. The normalized spacial score (nSPS) is 19.2. The highest BCUT2D eigenvalue weighted by atomic mass is 35.5. The zero-order valence-electron chi connectivity index (χ0n) is 13.1. The lowest BCUT2D eigenvalue weighted by Crippen LogP contribution is -2.37. The number of hydrogen-bond acceptors (Lipinski definition) is 4. The van der Waals surface area contributed by atoms with Crippen LogP contribution in [0.15, 0.2) is 12.1 Å². The minimum atomic E-state index is -0.512. The summed E-state index contributed by atoms with van der Waals surface area (Å²) in [5.74, 6) is 1.55. The van der Waals surface area contributed by atoms with Gasteiger partial charge in [0.05, 0.1) is 16.8 Å². The number of carbonyl (C=O) groups excluding carboxylic acids is 1. The summed E-state index contributed by atoms with van der Waals surface area (Å²) in [6.07, 6.45) is 6.86. The van der Waals surface area contributed by atoms with Crippen molar-refractivity contribution < 1.29 is 14.3 Å². The quantitative estimate of drug-likeness (QED) is 0.883. The fourth-order valence-electron chi connectivity index (χ4n) is 3.27. The first kappa shape index (κ1) is 16.4. The molecule has 126 valence electrons. The molecule has 0 bridgehead atoms. The molecule has 1 aromatic carbocycles. The molecule has 5 nitrogen and oxygen atoms in total. The number of carbonyl (C=O) groups is 1. The number of fused-ring (bicyclic) bond motifs is 1. The molecule has 1 unspecified atom stereocenters. The molecule has 1 heterocycles. The number of hydrogen-bond donors (Lipinski definition) is 2. The van der Waals surface area contributed by atoms with Crippen molar-refractivity contribution in [3.8, 4) is 11.5 Å². The molecule has 6 heteroatoms. The van der Waals surface area contributed by atoms with Gasteiger partial charge in [-0.25, -0.2) is 0 Å². The van der Waals surface area contributed by atoms with Crippen molar-refractivity contribution in [1.82, 2.24) is 0 Å². The number of rotatable bonds is 4. The zero-order valence-corrected chi connectivity index (χ0v) is 13.9. The molecule has 1 atom stereocenters. The predicted octanol–water partition coefficient (Wildman–Crippen LogP) is 3.35. The van der Waals surface area contributed by atoms with Gasteiger partial charge in [-0.15, -0.1) is 0 Å². The van der Waals surface area contributed by atoms with Gasteiger partial charge in [-0.3, -0.25) is 4.79 Å². The highest BCUT2D eigenvalue weighted by molar-refractivity contribution is 6.34. The maximum absolute atomic E-state index is 12.3. The largest absolute Gasteiger partial charge is 0.486 e. The Labute approximate surface area is 141 Å². The smallest absolute Gasteiger partial charge is 0.241 e. The Hall–Kier alpha value is -1.46. The summed E-state index contributed by atoms with van der Waals surface area (Å²) >= 11 is 6.21. The van der Waals surface area contributed by atoms with E-state index in [-0.39, 0.29) is 5.91 Å². The van der Waals surface area contributed by atoms with Crippen LogP contribution in [0.25, 0.3) is 0 Å². The van der Waals surface area contributed by atoms with E-state index in [1.165, 1.54) is 32.1 Å². The van der Waals surface area contributed by atoms with E-state index in [4.69, 9.17) is 26.8 Å². The van der Waals surface area contributed by atoms with Crippen molar-refractivity contribution in [2.24, 2.45) is 11.7 Å². The van der Waals surface area contributed by atoms with E-state index < -0.39 is 6.04 Å². The van der Waals surface area contributed by atoms with Crippen LogP contribution in [0.3, 0.4) is 0 Å². The van der Waals surface area contributed by atoms with Crippen molar-refractivity contribution in [3.05, 3.63) is 17.2 Å². The second-order valence-electron chi connectivity index (χ2n) is 6.31. The molecule has 1 aliphatic heterocycles. The molecule has 2 aliphatic rings. The van der Waals surface area contributed by atoms with Gasteiger partial charge in [0.2, 0.25) is 5.91 Å². The second kappa shape index (κ2) is 7.41. The van der Waals surface area contributed by atoms with Gasteiger partial charge in [-0.05, 0) is 12.3 Å². The Balaban J connectivity index is 1.62. The molecule has 23 heavy (non-hydrogen) atoms. The van der Waals surface area contributed by atoms with Crippen LogP contribution in [0.2, 0.25) is 5.02 Å². The Morgan fingerprint density at radius 1 is 1.22 bits per heavy atom. The first-order valence-corrected chi connectivity index (χ1v) is 8.67. The van der Waals surface area contributed by atoms with Gasteiger partial charge in [0.15, 0.2) is 11.5 Å². The highest BCUT2D eigenvalue weighted by Gasteiger charge is 2.23. The van der Waals surface area contributed by atoms with E-state index in [9.17, 15) is 4.79 Å². The maximum Gasteiger partial charge on any atom is 0.241 e. The van der Waals surface area contributed by atoms with Crippen LogP contribution < -0.4 is 20.5 Å². The number of anilines is 1. The number of benzene rings is 1. The molecule has 0 saturated heterocycles. The van der Waals surface area contributed by atoms with Crippen LogP contribution >= 0.6 is 11.6 Å². The summed E-state index contributed by atoms with van der Waals surface area (Å²) in [6.45, 7) is 0.991. The lowest BCUT2D eigenvalue weighted by molar-refractivity contribution is -0.117. The Morgan fingerprint density at radius 2 is 1.87 bits per heavy atom. The summed E-state index contributed by atoms with van der Waals surface area (Å²) in [5, 5.41) is 3.24. The van der Waals surface area contributed by atoms with E-state index >= 15 is 0 Å². The van der Waals surface area contributed by atoms with Gasteiger partial charge in [0, 0.05) is 12.1 Å². The Kier molecular flexibility index (Phi) is 5.28. The average Bonchev–Trinajstić information content (AvgIpc) is 2.56. The molecule has 1 fully saturated rings. The van der Waals surface area contributed by atoms with Gasteiger partial charge in [-0.1, -0.05) is 43.7 Å². The fraction of sp³-hybridized carbons (Fsp3) is 0.588. The van der Waals surface area contributed by atoms with Crippen molar-refractivity contribution in [3.63, 3.8) is 0 Å². The number of ether oxygens (including phenoxy) is 2. The van der Waals surface area contributed by atoms with Crippen LogP contribution in [-0.2, 0) is 4.79 Å². The van der Waals surface area contributed by atoms with Crippen LogP contribution in [0.5, 0.6) is 11.5 Å². The third-order valence-corrected chi connectivity index (χ3v) is 4.85. The predicted molar refractivity (Wildman–Crippen MR) is 90.2 cm³/mol.